The molecule has 8 heteroatoms. The topological polar surface area (TPSA) is 71.1 Å². The summed E-state index contributed by atoms with van der Waals surface area (Å²) in [5.74, 6) is -0.851. The zero-order chi connectivity index (χ0) is 21.7. The summed E-state index contributed by atoms with van der Waals surface area (Å²) in [6.45, 7) is 1.60. The molecule has 2 N–H and O–H groups in total. The molecule has 0 spiro atoms. The maximum atomic E-state index is 12.9. The van der Waals surface area contributed by atoms with E-state index in [-0.39, 0.29) is 11.5 Å². The first-order chi connectivity index (χ1) is 14.2. The van der Waals surface area contributed by atoms with Crippen molar-refractivity contribution in [3.05, 3.63) is 95.3 Å². The van der Waals surface area contributed by atoms with Crippen molar-refractivity contribution in [3.8, 4) is 0 Å². The lowest BCUT2D eigenvalue weighted by Crippen LogP contribution is -2.27. The van der Waals surface area contributed by atoms with Crippen molar-refractivity contribution in [2.24, 2.45) is 0 Å². The smallest absolute Gasteiger partial charge is 0.346 e. The van der Waals surface area contributed by atoms with Gasteiger partial charge in [-0.25, -0.2) is 0 Å². The van der Waals surface area contributed by atoms with E-state index in [1.807, 2.05) is 0 Å². The molecule has 1 atom stereocenters. The predicted octanol–water partition coefficient (Wildman–Crippen LogP) is 4.84. The Labute approximate surface area is 171 Å². The number of pyridine rings is 1. The molecule has 1 heterocycles. The molecule has 0 saturated heterocycles. The standard InChI is InChI=1S/C22H18F3N3O2/c1-14(15-5-2-8-18(11-15)22(23,24)25)27-20(29)16-6-3-9-19(12-16)28-21(30)17-7-4-10-26-13-17/h2-14H,1H3,(H,27,29)(H,28,30)/t14-/m0/s1. The quantitative estimate of drug-likeness (QED) is 0.629. The number of alkyl halides is 3. The van der Waals surface area contributed by atoms with E-state index in [0.29, 0.717) is 16.8 Å². The van der Waals surface area contributed by atoms with E-state index in [2.05, 4.69) is 15.6 Å². The summed E-state index contributed by atoms with van der Waals surface area (Å²) < 4.78 is 38.7. The van der Waals surface area contributed by atoms with Gasteiger partial charge in [-0.15, -0.1) is 0 Å². The molecule has 0 aliphatic carbocycles. The minimum atomic E-state index is -4.46. The maximum absolute atomic E-state index is 12.9. The molecule has 30 heavy (non-hydrogen) atoms. The fraction of sp³-hybridized carbons (Fsp3) is 0.136. The van der Waals surface area contributed by atoms with Gasteiger partial charge in [0.2, 0.25) is 0 Å². The number of amides is 2. The largest absolute Gasteiger partial charge is 0.416 e. The molecule has 2 amide bonds. The molecular formula is C22H18F3N3O2. The number of aromatic nitrogens is 1. The predicted molar refractivity (Wildman–Crippen MR) is 106 cm³/mol. The molecule has 0 aliphatic heterocycles. The molecule has 2 aromatic carbocycles. The molecule has 0 fully saturated rings. The lowest BCUT2D eigenvalue weighted by molar-refractivity contribution is -0.137. The number of rotatable bonds is 5. The molecule has 5 nitrogen and oxygen atoms in total. The van der Waals surface area contributed by atoms with E-state index >= 15 is 0 Å². The Hall–Kier alpha value is -3.68. The molecule has 3 aromatic rings. The van der Waals surface area contributed by atoms with Gasteiger partial charge in [0.05, 0.1) is 17.2 Å². The van der Waals surface area contributed by atoms with Gasteiger partial charge in [-0.05, 0) is 55.0 Å². The summed E-state index contributed by atoms with van der Waals surface area (Å²) >= 11 is 0. The first kappa shape index (κ1) is 21.0. The Kier molecular flexibility index (Phi) is 6.15. The van der Waals surface area contributed by atoms with Crippen molar-refractivity contribution < 1.29 is 22.8 Å². The molecule has 0 bridgehead atoms. The molecule has 0 radical (unpaired) electrons. The van der Waals surface area contributed by atoms with Crippen LogP contribution in [0.2, 0.25) is 0 Å². The zero-order valence-electron chi connectivity index (χ0n) is 15.9. The third kappa shape index (κ3) is 5.22. The Balaban J connectivity index is 1.70. The fourth-order valence-corrected chi connectivity index (χ4v) is 2.79. The lowest BCUT2D eigenvalue weighted by atomic mass is 10.0. The Morgan fingerprint density at radius 2 is 1.67 bits per heavy atom. The van der Waals surface area contributed by atoms with Crippen LogP contribution >= 0.6 is 0 Å². The number of carbonyl (C=O) groups is 2. The lowest BCUT2D eigenvalue weighted by Gasteiger charge is -2.16. The first-order valence-electron chi connectivity index (χ1n) is 9.03. The van der Waals surface area contributed by atoms with Crippen LogP contribution in [0.4, 0.5) is 18.9 Å². The SMILES string of the molecule is C[C@H](NC(=O)c1cccc(NC(=O)c2cccnc2)c1)c1cccc(C(F)(F)F)c1. The van der Waals surface area contributed by atoms with Crippen molar-refractivity contribution in [2.45, 2.75) is 19.1 Å². The van der Waals surface area contributed by atoms with Gasteiger partial charge >= 0.3 is 6.18 Å². The Morgan fingerprint density at radius 3 is 2.37 bits per heavy atom. The van der Waals surface area contributed by atoms with Crippen LogP contribution in [0.3, 0.4) is 0 Å². The molecule has 0 saturated carbocycles. The second-order valence-corrected chi connectivity index (χ2v) is 6.60. The highest BCUT2D eigenvalue weighted by Gasteiger charge is 2.30. The van der Waals surface area contributed by atoms with Crippen LogP contribution in [0.5, 0.6) is 0 Å². The van der Waals surface area contributed by atoms with Crippen LogP contribution in [-0.2, 0) is 6.18 Å². The average molecular weight is 413 g/mol. The van der Waals surface area contributed by atoms with Gasteiger partial charge in [-0.3, -0.25) is 14.6 Å². The molecule has 3 rings (SSSR count). The highest BCUT2D eigenvalue weighted by Crippen LogP contribution is 2.30. The number of anilines is 1. The van der Waals surface area contributed by atoms with E-state index < -0.39 is 23.7 Å². The van der Waals surface area contributed by atoms with Gasteiger partial charge < -0.3 is 10.6 Å². The summed E-state index contributed by atoms with van der Waals surface area (Å²) in [6, 6.07) is 13.7. The van der Waals surface area contributed by atoms with Crippen molar-refractivity contribution >= 4 is 17.5 Å². The minimum absolute atomic E-state index is 0.262. The first-order valence-corrected chi connectivity index (χ1v) is 9.03. The van der Waals surface area contributed by atoms with Crippen LogP contribution in [0.15, 0.2) is 73.1 Å². The molecular weight excluding hydrogens is 395 g/mol. The number of nitrogens with zero attached hydrogens (tertiary/aromatic N) is 1. The van der Waals surface area contributed by atoms with Crippen molar-refractivity contribution in [2.75, 3.05) is 5.32 Å². The number of benzene rings is 2. The van der Waals surface area contributed by atoms with Crippen LogP contribution in [0.25, 0.3) is 0 Å². The second-order valence-electron chi connectivity index (χ2n) is 6.60. The highest BCUT2D eigenvalue weighted by molar-refractivity contribution is 6.04. The third-order valence-corrected chi connectivity index (χ3v) is 4.37. The zero-order valence-corrected chi connectivity index (χ0v) is 15.9. The fourth-order valence-electron chi connectivity index (χ4n) is 2.79. The third-order valence-electron chi connectivity index (χ3n) is 4.37. The summed E-state index contributed by atoms with van der Waals surface area (Å²) in [5, 5.41) is 5.35. The van der Waals surface area contributed by atoms with Gasteiger partial charge in [0.25, 0.3) is 11.8 Å². The van der Waals surface area contributed by atoms with Crippen molar-refractivity contribution in [1.82, 2.24) is 10.3 Å². The molecule has 0 unspecified atom stereocenters. The second kappa shape index (κ2) is 8.77. The summed E-state index contributed by atoms with van der Waals surface area (Å²) in [5.41, 5.74) is 0.590. The summed E-state index contributed by atoms with van der Waals surface area (Å²) in [7, 11) is 0. The molecule has 154 valence electrons. The monoisotopic (exact) mass is 413 g/mol. The minimum Gasteiger partial charge on any atom is -0.346 e. The normalized spacial score (nSPS) is 12.1. The van der Waals surface area contributed by atoms with Crippen LogP contribution in [0.1, 0.15) is 44.8 Å². The van der Waals surface area contributed by atoms with Gasteiger partial charge in [0.15, 0.2) is 0 Å². The van der Waals surface area contributed by atoms with E-state index in [0.717, 1.165) is 12.1 Å². The van der Waals surface area contributed by atoms with Gasteiger partial charge in [0.1, 0.15) is 0 Å². The average Bonchev–Trinajstić information content (AvgIpc) is 2.74. The van der Waals surface area contributed by atoms with E-state index in [1.165, 1.54) is 24.4 Å². The van der Waals surface area contributed by atoms with E-state index in [4.69, 9.17) is 0 Å². The number of hydrogen-bond donors (Lipinski definition) is 2. The number of carbonyl (C=O) groups excluding carboxylic acids is 2. The highest BCUT2D eigenvalue weighted by atomic mass is 19.4. The van der Waals surface area contributed by atoms with Gasteiger partial charge in [0, 0.05) is 23.6 Å². The Bertz CT molecular complexity index is 1050. The summed E-state index contributed by atoms with van der Waals surface area (Å²) in [4.78, 5) is 28.7. The van der Waals surface area contributed by atoms with Crippen LogP contribution < -0.4 is 10.6 Å². The number of hydrogen-bond acceptors (Lipinski definition) is 3. The van der Waals surface area contributed by atoms with E-state index in [9.17, 15) is 22.8 Å². The number of halogens is 3. The van der Waals surface area contributed by atoms with Crippen molar-refractivity contribution in [3.63, 3.8) is 0 Å². The molecule has 1 aromatic heterocycles. The Morgan fingerprint density at radius 1 is 0.933 bits per heavy atom. The van der Waals surface area contributed by atoms with Gasteiger partial charge in [-0.1, -0.05) is 18.2 Å². The summed E-state index contributed by atoms with van der Waals surface area (Å²) in [6.07, 6.45) is -1.49. The number of nitrogens with one attached hydrogen (secondary N) is 2. The van der Waals surface area contributed by atoms with Gasteiger partial charge in [-0.2, -0.15) is 13.2 Å². The van der Waals surface area contributed by atoms with E-state index in [1.54, 1.807) is 43.5 Å². The van der Waals surface area contributed by atoms with Crippen LogP contribution in [0, 0.1) is 0 Å². The molecule has 0 aliphatic rings. The van der Waals surface area contributed by atoms with Crippen molar-refractivity contribution in [1.29, 1.82) is 0 Å². The maximum Gasteiger partial charge on any atom is 0.416 e. The van der Waals surface area contributed by atoms with Crippen LogP contribution in [-0.4, -0.2) is 16.8 Å².